The predicted octanol–water partition coefficient (Wildman–Crippen LogP) is 3.41. The van der Waals surface area contributed by atoms with E-state index in [-0.39, 0.29) is 28.7 Å². The van der Waals surface area contributed by atoms with Gasteiger partial charge in [0, 0.05) is 29.4 Å². The Hall–Kier alpha value is -3.09. The van der Waals surface area contributed by atoms with Crippen molar-refractivity contribution in [2.45, 2.75) is 19.9 Å². The highest BCUT2D eigenvalue weighted by molar-refractivity contribution is 5.78. The van der Waals surface area contributed by atoms with E-state index in [9.17, 15) is 13.6 Å². The number of benzene rings is 1. The highest BCUT2D eigenvalue weighted by Crippen LogP contribution is 2.31. The van der Waals surface area contributed by atoms with Crippen LogP contribution < -0.4 is 11.3 Å². The molecule has 0 radical (unpaired) electrons. The number of nitrogens with two attached hydrogens (primary N) is 1. The Balaban J connectivity index is 2.27. The summed E-state index contributed by atoms with van der Waals surface area (Å²) >= 11 is 0. The number of halogens is 2. The Morgan fingerprint density at radius 1 is 1.12 bits per heavy atom. The molecule has 0 saturated heterocycles. The van der Waals surface area contributed by atoms with Crippen LogP contribution in [0, 0.1) is 11.6 Å². The minimum absolute atomic E-state index is 0.0444. The first-order chi connectivity index (χ1) is 11.9. The summed E-state index contributed by atoms with van der Waals surface area (Å²) < 4.78 is 29.4. The van der Waals surface area contributed by atoms with Crippen molar-refractivity contribution in [1.29, 1.82) is 0 Å². The van der Waals surface area contributed by atoms with E-state index in [4.69, 9.17) is 5.73 Å². The van der Waals surface area contributed by atoms with Gasteiger partial charge in [0.2, 0.25) is 0 Å². The summed E-state index contributed by atoms with van der Waals surface area (Å²) in [5, 5.41) is 0. The Bertz CT molecular complexity index is 999. The molecule has 128 valence electrons. The Kier molecular flexibility index (Phi) is 4.31. The van der Waals surface area contributed by atoms with E-state index >= 15 is 0 Å². The summed E-state index contributed by atoms with van der Waals surface area (Å²) in [6, 6.07) is 6.73. The molecule has 0 aliphatic heterocycles. The van der Waals surface area contributed by atoms with Gasteiger partial charge in [-0.3, -0.25) is 9.78 Å². The molecule has 3 aromatic rings. The van der Waals surface area contributed by atoms with Gasteiger partial charge in [-0.25, -0.2) is 13.8 Å². The molecule has 2 N–H and O–H groups in total. The van der Waals surface area contributed by atoms with Gasteiger partial charge in [-0.2, -0.15) is 0 Å². The third-order valence-corrected chi connectivity index (χ3v) is 3.77. The smallest absolute Gasteiger partial charge is 0.250 e. The lowest BCUT2D eigenvalue weighted by Gasteiger charge is -2.14. The van der Waals surface area contributed by atoms with Crippen molar-refractivity contribution in [2.24, 2.45) is 0 Å². The number of pyridine rings is 1. The van der Waals surface area contributed by atoms with E-state index in [2.05, 4.69) is 9.97 Å². The first kappa shape index (κ1) is 16.8. The zero-order valence-electron chi connectivity index (χ0n) is 13.7. The number of aromatic nitrogens is 3. The fourth-order valence-electron chi connectivity index (χ4n) is 2.54. The van der Waals surface area contributed by atoms with Crippen LogP contribution >= 0.6 is 0 Å². The molecule has 5 nitrogen and oxygen atoms in total. The van der Waals surface area contributed by atoms with Gasteiger partial charge < -0.3 is 10.3 Å². The second-order valence-corrected chi connectivity index (χ2v) is 5.85. The molecule has 0 fully saturated rings. The normalized spacial score (nSPS) is 11.1. The van der Waals surface area contributed by atoms with Gasteiger partial charge in [0.1, 0.15) is 11.5 Å². The van der Waals surface area contributed by atoms with E-state index in [1.807, 2.05) is 13.8 Å². The topological polar surface area (TPSA) is 73.8 Å². The number of hydrogen-bond donors (Lipinski definition) is 1. The summed E-state index contributed by atoms with van der Waals surface area (Å²) in [5.41, 5.74) is 6.46. The molecule has 25 heavy (non-hydrogen) atoms. The molecule has 3 rings (SSSR count). The van der Waals surface area contributed by atoms with Crippen LogP contribution in [0.1, 0.15) is 19.9 Å². The van der Waals surface area contributed by atoms with Crippen LogP contribution in [0.25, 0.3) is 22.5 Å². The molecular weight excluding hydrogens is 326 g/mol. The molecular formula is C18H16F2N4O. The molecule has 0 aliphatic rings. The summed E-state index contributed by atoms with van der Waals surface area (Å²) in [7, 11) is 0. The van der Waals surface area contributed by atoms with Gasteiger partial charge in [0.05, 0.1) is 11.9 Å². The van der Waals surface area contributed by atoms with Crippen molar-refractivity contribution in [3.8, 4) is 22.5 Å². The van der Waals surface area contributed by atoms with Gasteiger partial charge in [-0.15, -0.1) is 0 Å². The largest absolute Gasteiger partial charge is 0.382 e. The average molecular weight is 342 g/mol. The van der Waals surface area contributed by atoms with E-state index in [0.717, 1.165) is 6.07 Å². The van der Waals surface area contributed by atoms with Crippen molar-refractivity contribution >= 4 is 5.82 Å². The minimum Gasteiger partial charge on any atom is -0.382 e. The lowest BCUT2D eigenvalue weighted by Crippen LogP contribution is -2.20. The fraction of sp³-hybridized carbons (Fsp3) is 0.167. The van der Waals surface area contributed by atoms with Crippen LogP contribution in [0.2, 0.25) is 0 Å². The van der Waals surface area contributed by atoms with Gasteiger partial charge in [-0.05, 0) is 32.0 Å². The van der Waals surface area contributed by atoms with Crippen molar-refractivity contribution in [1.82, 2.24) is 14.5 Å². The van der Waals surface area contributed by atoms with Crippen LogP contribution in [-0.4, -0.2) is 14.5 Å². The molecule has 2 aromatic heterocycles. The molecule has 0 atom stereocenters. The summed E-state index contributed by atoms with van der Waals surface area (Å²) in [6.07, 6.45) is 2.95. The maximum absolute atomic E-state index is 14.2. The zero-order chi connectivity index (χ0) is 18.1. The van der Waals surface area contributed by atoms with Crippen LogP contribution in [0.5, 0.6) is 0 Å². The number of nitrogen functional groups attached to an aromatic ring is 1. The third-order valence-electron chi connectivity index (χ3n) is 3.77. The van der Waals surface area contributed by atoms with Crippen molar-refractivity contribution < 1.29 is 8.78 Å². The second-order valence-electron chi connectivity index (χ2n) is 5.85. The highest BCUT2D eigenvalue weighted by Gasteiger charge is 2.18. The van der Waals surface area contributed by atoms with Crippen LogP contribution in [0.3, 0.4) is 0 Å². The summed E-state index contributed by atoms with van der Waals surface area (Å²) in [5.74, 6) is -1.93. The first-order valence-electron chi connectivity index (χ1n) is 7.68. The Morgan fingerprint density at radius 3 is 2.60 bits per heavy atom. The number of rotatable bonds is 3. The molecule has 0 unspecified atom stereocenters. The molecule has 0 aliphatic carbocycles. The third kappa shape index (κ3) is 3.13. The number of hydrogen-bond acceptors (Lipinski definition) is 4. The number of anilines is 1. The maximum atomic E-state index is 14.2. The van der Waals surface area contributed by atoms with Gasteiger partial charge >= 0.3 is 0 Å². The monoisotopic (exact) mass is 342 g/mol. The standard InChI is InChI=1S/C18H16F2N4O/c1-10(2)24-9-11(6-7-15(24)25)17-18(23-14(21)8-22-17)12-4-3-5-13(19)16(12)20/h3-10H,1-2H3,(H2,21,23). The molecule has 0 bridgehead atoms. The predicted molar refractivity (Wildman–Crippen MR) is 91.9 cm³/mol. The van der Waals surface area contributed by atoms with Gasteiger partial charge in [0.15, 0.2) is 11.6 Å². The zero-order valence-corrected chi connectivity index (χ0v) is 13.7. The van der Waals surface area contributed by atoms with Crippen molar-refractivity contribution in [3.63, 3.8) is 0 Å². The molecule has 0 saturated carbocycles. The van der Waals surface area contributed by atoms with Gasteiger partial charge in [0.25, 0.3) is 5.56 Å². The highest BCUT2D eigenvalue weighted by atomic mass is 19.2. The average Bonchev–Trinajstić information content (AvgIpc) is 2.58. The summed E-state index contributed by atoms with van der Waals surface area (Å²) in [6.45, 7) is 3.74. The van der Waals surface area contributed by atoms with E-state index in [1.165, 1.54) is 29.0 Å². The molecule has 7 heteroatoms. The van der Waals surface area contributed by atoms with E-state index in [0.29, 0.717) is 11.3 Å². The quantitative estimate of drug-likeness (QED) is 0.791. The maximum Gasteiger partial charge on any atom is 0.250 e. The fourth-order valence-corrected chi connectivity index (χ4v) is 2.54. The van der Waals surface area contributed by atoms with Crippen LogP contribution in [0.4, 0.5) is 14.6 Å². The SMILES string of the molecule is CC(C)n1cc(-c2ncc(N)nc2-c2cccc(F)c2F)ccc1=O. The van der Waals surface area contributed by atoms with E-state index < -0.39 is 11.6 Å². The molecule has 0 amide bonds. The Morgan fingerprint density at radius 2 is 1.88 bits per heavy atom. The summed E-state index contributed by atoms with van der Waals surface area (Å²) in [4.78, 5) is 20.3. The van der Waals surface area contributed by atoms with E-state index in [1.54, 1.807) is 12.3 Å². The minimum atomic E-state index is -1.03. The molecule has 2 heterocycles. The molecule has 1 aromatic carbocycles. The lowest BCUT2D eigenvalue weighted by molar-refractivity contribution is 0.511. The van der Waals surface area contributed by atoms with Crippen molar-refractivity contribution in [2.75, 3.05) is 5.73 Å². The number of nitrogens with zero attached hydrogens (tertiary/aromatic N) is 3. The van der Waals surface area contributed by atoms with Crippen LogP contribution in [0.15, 0.2) is 47.5 Å². The molecule has 0 spiro atoms. The Labute approximate surface area is 142 Å². The van der Waals surface area contributed by atoms with Crippen molar-refractivity contribution in [3.05, 3.63) is 64.7 Å². The first-order valence-corrected chi connectivity index (χ1v) is 7.68. The van der Waals surface area contributed by atoms with Crippen LogP contribution in [-0.2, 0) is 0 Å². The lowest BCUT2D eigenvalue weighted by atomic mass is 10.0. The van der Waals surface area contributed by atoms with Gasteiger partial charge in [-0.1, -0.05) is 6.07 Å². The second kappa shape index (κ2) is 6.43.